The Morgan fingerprint density at radius 3 is 3.00 bits per heavy atom. The molecule has 0 atom stereocenters. The van der Waals surface area contributed by atoms with Crippen molar-refractivity contribution in [1.82, 2.24) is 5.32 Å². The largest absolute Gasteiger partial charge is 0.389 e. The second kappa shape index (κ2) is 5.30. The first-order chi connectivity index (χ1) is 8.58. The van der Waals surface area contributed by atoms with Gasteiger partial charge in [-0.15, -0.1) is 0 Å². The van der Waals surface area contributed by atoms with Crippen LogP contribution in [-0.4, -0.2) is 30.5 Å². The number of nitrogens with two attached hydrogens (primary N) is 1. The highest BCUT2D eigenvalue weighted by Gasteiger charge is 2.18. The topological polar surface area (TPSA) is 58.4 Å². The van der Waals surface area contributed by atoms with Gasteiger partial charge in [0.2, 0.25) is 5.91 Å². The molecule has 1 aromatic rings. The highest BCUT2D eigenvalue weighted by atomic mass is 32.1. The number of amides is 1. The molecule has 3 N–H and O–H groups in total. The van der Waals surface area contributed by atoms with E-state index in [2.05, 4.69) is 5.32 Å². The summed E-state index contributed by atoms with van der Waals surface area (Å²) in [6.45, 7) is 1.60. The van der Waals surface area contributed by atoms with Crippen LogP contribution in [0.2, 0.25) is 0 Å². The van der Waals surface area contributed by atoms with Gasteiger partial charge < -0.3 is 16.0 Å². The number of anilines is 1. The van der Waals surface area contributed by atoms with E-state index in [0.717, 1.165) is 6.42 Å². The lowest BCUT2D eigenvalue weighted by Crippen LogP contribution is -2.34. The van der Waals surface area contributed by atoms with Crippen molar-refractivity contribution in [3.63, 3.8) is 0 Å². The molecule has 1 aliphatic heterocycles. The molecule has 0 aromatic heterocycles. The summed E-state index contributed by atoms with van der Waals surface area (Å²) >= 11 is 4.93. The monoisotopic (exact) mass is 267 g/mol. The standard InChI is InChI=1S/C12H14FN3OS/c13-8-2-3-10(9(6-8)12(14)18)16-5-1-4-15-11(17)7-16/h2-3,6H,1,4-5,7H2,(H2,14,18)(H,15,17). The quantitative estimate of drug-likeness (QED) is 0.778. The van der Waals surface area contributed by atoms with Crippen LogP contribution >= 0.6 is 12.2 Å². The number of hydrogen-bond acceptors (Lipinski definition) is 3. The van der Waals surface area contributed by atoms with Crippen LogP contribution in [0.25, 0.3) is 0 Å². The first-order valence-corrected chi connectivity index (χ1v) is 6.10. The average Bonchev–Trinajstić information content (AvgIpc) is 2.53. The summed E-state index contributed by atoms with van der Waals surface area (Å²) in [5.74, 6) is -0.438. The van der Waals surface area contributed by atoms with Crippen molar-refractivity contribution < 1.29 is 9.18 Å². The zero-order valence-electron chi connectivity index (χ0n) is 9.78. The van der Waals surface area contributed by atoms with Crippen LogP contribution in [0.4, 0.5) is 10.1 Å². The fourth-order valence-electron chi connectivity index (χ4n) is 1.99. The number of halogens is 1. The molecule has 0 saturated carbocycles. The van der Waals surface area contributed by atoms with Gasteiger partial charge in [0.05, 0.1) is 6.54 Å². The van der Waals surface area contributed by atoms with E-state index >= 15 is 0 Å². The van der Waals surface area contributed by atoms with Gasteiger partial charge in [0, 0.05) is 24.3 Å². The van der Waals surface area contributed by atoms with E-state index in [-0.39, 0.29) is 23.3 Å². The zero-order valence-corrected chi connectivity index (χ0v) is 10.6. The maximum absolute atomic E-state index is 13.2. The lowest BCUT2D eigenvalue weighted by Gasteiger charge is -2.24. The highest BCUT2D eigenvalue weighted by Crippen LogP contribution is 2.22. The molecule has 0 unspecified atom stereocenters. The van der Waals surface area contributed by atoms with Crippen LogP contribution in [-0.2, 0) is 4.79 Å². The molecule has 0 aliphatic carbocycles. The summed E-state index contributed by atoms with van der Waals surface area (Å²) in [7, 11) is 0. The van der Waals surface area contributed by atoms with Gasteiger partial charge in [0.15, 0.2) is 0 Å². The van der Waals surface area contributed by atoms with Crippen LogP contribution in [0.5, 0.6) is 0 Å². The molecule has 1 amide bonds. The summed E-state index contributed by atoms with van der Waals surface area (Å²) in [5, 5.41) is 2.79. The molecule has 1 aromatic carbocycles. The lowest BCUT2D eigenvalue weighted by atomic mass is 10.1. The van der Waals surface area contributed by atoms with Crippen LogP contribution in [0.15, 0.2) is 18.2 Å². The number of rotatable bonds is 2. The molecule has 1 heterocycles. The first-order valence-electron chi connectivity index (χ1n) is 5.69. The molecule has 1 fully saturated rings. The molecule has 4 nitrogen and oxygen atoms in total. The van der Waals surface area contributed by atoms with Gasteiger partial charge in [-0.25, -0.2) is 4.39 Å². The summed E-state index contributed by atoms with van der Waals surface area (Å²) < 4.78 is 13.2. The van der Waals surface area contributed by atoms with E-state index in [1.165, 1.54) is 12.1 Å². The van der Waals surface area contributed by atoms with E-state index in [0.29, 0.717) is 24.3 Å². The minimum absolute atomic E-state index is 0.0503. The molecule has 1 saturated heterocycles. The van der Waals surface area contributed by atoms with E-state index in [1.807, 2.05) is 4.90 Å². The Bertz CT molecular complexity index is 492. The van der Waals surface area contributed by atoms with Gasteiger partial charge >= 0.3 is 0 Å². The highest BCUT2D eigenvalue weighted by molar-refractivity contribution is 7.80. The number of nitrogens with zero attached hydrogens (tertiary/aromatic N) is 1. The van der Waals surface area contributed by atoms with Crippen molar-refractivity contribution in [3.05, 3.63) is 29.6 Å². The molecule has 0 radical (unpaired) electrons. The number of nitrogens with one attached hydrogen (secondary N) is 1. The zero-order chi connectivity index (χ0) is 13.1. The molecule has 1 aliphatic rings. The first kappa shape index (κ1) is 12.8. The number of thiocarbonyl (C=S) groups is 1. The molecule has 0 spiro atoms. The molecule has 0 bridgehead atoms. The van der Waals surface area contributed by atoms with Crippen LogP contribution in [0.3, 0.4) is 0 Å². The van der Waals surface area contributed by atoms with Crippen molar-refractivity contribution in [2.75, 3.05) is 24.5 Å². The second-order valence-corrected chi connectivity index (χ2v) is 4.59. The third-order valence-electron chi connectivity index (χ3n) is 2.83. The van der Waals surface area contributed by atoms with Gasteiger partial charge in [0.25, 0.3) is 0 Å². The van der Waals surface area contributed by atoms with Gasteiger partial charge in [0.1, 0.15) is 10.8 Å². The Morgan fingerprint density at radius 1 is 1.50 bits per heavy atom. The van der Waals surface area contributed by atoms with Crippen molar-refractivity contribution in [3.8, 4) is 0 Å². The number of benzene rings is 1. The van der Waals surface area contributed by atoms with Crippen LogP contribution in [0, 0.1) is 5.82 Å². The Hall–Kier alpha value is -1.69. The van der Waals surface area contributed by atoms with Crippen molar-refractivity contribution >= 4 is 28.8 Å². The summed E-state index contributed by atoms with van der Waals surface area (Å²) in [4.78, 5) is 13.5. The Kier molecular flexibility index (Phi) is 3.76. The fraction of sp³-hybridized carbons (Fsp3) is 0.333. The van der Waals surface area contributed by atoms with E-state index in [4.69, 9.17) is 18.0 Å². The maximum Gasteiger partial charge on any atom is 0.239 e. The van der Waals surface area contributed by atoms with Gasteiger partial charge in [-0.1, -0.05) is 12.2 Å². The molecule has 96 valence electrons. The van der Waals surface area contributed by atoms with Crippen molar-refractivity contribution in [2.45, 2.75) is 6.42 Å². The SMILES string of the molecule is NC(=S)c1cc(F)ccc1N1CCCNC(=O)C1. The van der Waals surface area contributed by atoms with E-state index in [1.54, 1.807) is 6.07 Å². The normalized spacial score (nSPS) is 16.1. The Labute approximate surface area is 110 Å². The number of hydrogen-bond donors (Lipinski definition) is 2. The van der Waals surface area contributed by atoms with Crippen molar-refractivity contribution in [2.24, 2.45) is 5.73 Å². The third-order valence-corrected chi connectivity index (χ3v) is 3.05. The summed E-state index contributed by atoms with van der Waals surface area (Å²) in [5.41, 5.74) is 6.78. The summed E-state index contributed by atoms with van der Waals surface area (Å²) in [6, 6.07) is 4.27. The molecule has 2 rings (SSSR count). The maximum atomic E-state index is 13.2. The van der Waals surface area contributed by atoms with Gasteiger partial charge in [-0.05, 0) is 24.6 Å². The third kappa shape index (κ3) is 2.76. The summed E-state index contributed by atoms with van der Waals surface area (Å²) in [6.07, 6.45) is 0.833. The minimum atomic E-state index is -0.388. The minimum Gasteiger partial charge on any atom is -0.389 e. The predicted molar refractivity (Wildman–Crippen MR) is 72.1 cm³/mol. The Balaban J connectivity index is 2.36. The average molecular weight is 267 g/mol. The lowest BCUT2D eigenvalue weighted by molar-refractivity contribution is -0.119. The Morgan fingerprint density at radius 2 is 2.28 bits per heavy atom. The number of carbonyl (C=O) groups excluding carboxylic acids is 1. The van der Waals surface area contributed by atoms with Crippen LogP contribution < -0.4 is 16.0 Å². The molecule has 6 heteroatoms. The number of carbonyl (C=O) groups is 1. The molecule has 18 heavy (non-hydrogen) atoms. The van der Waals surface area contributed by atoms with Gasteiger partial charge in [-0.3, -0.25) is 4.79 Å². The smallest absolute Gasteiger partial charge is 0.239 e. The van der Waals surface area contributed by atoms with Crippen LogP contribution in [0.1, 0.15) is 12.0 Å². The fourth-order valence-corrected chi connectivity index (χ4v) is 2.16. The molecular weight excluding hydrogens is 253 g/mol. The second-order valence-electron chi connectivity index (χ2n) is 4.15. The van der Waals surface area contributed by atoms with E-state index < -0.39 is 0 Å². The van der Waals surface area contributed by atoms with Gasteiger partial charge in [-0.2, -0.15) is 0 Å². The molecular formula is C12H14FN3OS. The predicted octanol–water partition coefficient (Wildman–Crippen LogP) is 0.786. The van der Waals surface area contributed by atoms with E-state index in [9.17, 15) is 9.18 Å². The van der Waals surface area contributed by atoms with Crippen molar-refractivity contribution in [1.29, 1.82) is 0 Å².